The zero-order valence-electron chi connectivity index (χ0n) is 13.7. The Hall–Kier alpha value is -2.16. The van der Waals surface area contributed by atoms with Crippen molar-refractivity contribution < 1.29 is 34.6 Å². The summed E-state index contributed by atoms with van der Waals surface area (Å²) >= 11 is 0. The number of halogens is 5. The van der Waals surface area contributed by atoms with Crippen molar-refractivity contribution in [2.24, 2.45) is 0 Å². The number of benzene rings is 2. The minimum Gasteiger partial charge on any atom is -0.379 e. The van der Waals surface area contributed by atoms with Gasteiger partial charge in [0.1, 0.15) is 5.75 Å². The molecule has 0 aliphatic carbocycles. The highest BCUT2D eigenvalue weighted by Crippen LogP contribution is 2.29. The second-order valence-corrected chi connectivity index (χ2v) is 7.02. The molecule has 0 aliphatic rings. The highest BCUT2D eigenvalue weighted by molar-refractivity contribution is 7.87. The number of unbranched alkanes of at least 4 members (excludes halogenated alkanes) is 2. The molecule has 0 bridgehead atoms. The Morgan fingerprint density at radius 1 is 0.808 bits per heavy atom. The van der Waals surface area contributed by atoms with Crippen LogP contribution in [-0.4, -0.2) is 8.42 Å². The molecule has 0 saturated carbocycles. The van der Waals surface area contributed by atoms with E-state index in [2.05, 4.69) is 4.18 Å². The molecule has 142 valence electrons. The standard InChI is InChI=1S/C17H15F5O3S/c1-2-3-4-5-10-6-8-11(9-7-10)25-26(23,24)17-15(21)13(19)12(18)14(20)16(17)22/h6-9H,2-5H2,1H3. The molecule has 0 heterocycles. The summed E-state index contributed by atoms with van der Waals surface area (Å²) in [6.45, 7) is 2.04. The van der Waals surface area contributed by atoms with Crippen LogP contribution in [0.3, 0.4) is 0 Å². The highest BCUT2D eigenvalue weighted by Gasteiger charge is 2.35. The molecule has 2 aromatic rings. The van der Waals surface area contributed by atoms with Gasteiger partial charge in [-0.3, -0.25) is 0 Å². The van der Waals surface area contributed by atoms with E-state index < -0.39 is 44.1 Å². The Morgan fingerprint density at radius 2 is 1.31 bits per heavy atom. The summed E-state index contributed by atoms with van der Waals surface area (Å²) in [5.74, 6) is -12.4. The summed E-state index contributed by atoms with van der Waals surface area (Å²) in [5.41, 5.74) is 0.888. The van der Waals surface area contributed by atoms with Gasteiger partial charge in [-0.2, -0.15) is 8.42 Å². The lowest BCUT2D eigenvalue weighted by atomic mass is 10.1. The first-order valence-corrected chi connectivity index (χ1v) is 9.14. The molecule has 9 heteroatoms. The Balaban J connectivity index is 2.30. The largest absolute Gasteiger partial charge is 0.379 e. The number of aryl methyl sites for hydroxylation is 1. The molecule has 0 atom stereocenters. The topological polar surface area (TPSA) is 43.4 Å². The molecule has 26 heavy (non-hydrogen) atoms. The van der Waals surface area contributed by atoms with E-state index in [1.54, 1.807) is 12.1 Å². The maximum absolute atomic E-state index is 13.7. The molecule has 0 spiro atoms. The zero-order valence-corrected chi connectivity index (χ0v) is 14.5. The predicted molar refractivity (Wildman–Crippen MR) is 83.7 cm³/mol. The Morgan fingerprint density at radius 3 is 1.81 bits per heavy atom. The third kappa shape index (κ3) is 4.14. The van der Waals surface area contributed by atoms with Crippen LogP contribution >= 0.6 is 0 Å². The molecule has 0 aromatic heterocycles. The monoisotopic (exact) mass is 394 g/mol. The lowest BCUT2D eigenvalue weighted by molar-refractivity contribution is 0.352. The van der Waals surface area contributed by atoms with E-state index in [4.69, 9.17) is 0 Å². The zero-order chi connectivity index (χ0) is 19.5. The second-order valence-electron chi connectivity index (χ2n) is 5.54. The van der Waals surface area contributed by atoms with Crippen molar-refractivity contribution >= 4 is 10.1 Å². The minimum absolute atomic E-state index is 0.312. The summed E-state index contributed by atoms with van der Waals surface area (Å²) in [7, 11) is -5.27. The van der Waals surface area contributed by atoms with E-state index in [0.717, 1.165) is 31.2 Å². The van der Waals surface area contributed by atoms with E-state index in [9.17, 15) is 30.4 Å². The van der Waals surface area contributed by atoms with Crippen LogP contribution in [0.2, 0.25) is 0 Å². The molecule has 0 saturated heterocycles. The van der Waals surface area contributed by atoms with Gasteiger partial charge >= 0.3 is 10.1 Å². The molecule has 2 rings (SSSR count). The van der Waals surface area contributed by atoms with Gasteiger partial charge in [-0.15, -0.1) is 0 Å². The lowest BCUT2D eigenvalue weighted by Crippen LogP contribution is -2.17. The Kier molecular flexibility index (Phi) is 6.22. The normalized spacial score (nSPS) is 11.6. The molecule has 0 aliphatic heterocycles. The fourth-order valence-electron chi connectivity index (χ4n) is 2.26. The van der Waals surface area contributed by atoms with Crippen molar-refractivity contribution in [2.75, 3.05) is 0 Å². The van der Waals surface area contributed by atoms with Crippen LogP contribution in [0.25, 0.3) is 0 Å². The molecule has 0 radical (unpaired) electrons. The van der Waals surface area contributed by atoms with Crippen LogP contribution in [0.15, 0.2) is 29.2 Å². The fraction of sp³-hybridized carbons (Fsp3) is 0.294. The van der Waals surface area contributed by atoms with Crippen LogP contribution in [-0.2, 0) is 16.5 Å². The number of hydrogen-bond acceptors (Lipinski definition) is 3. The number of rotatable bonds is 7. The van der Waals surface area contributed by atoms with Gasteiger partial charge in [0.05, 0.1) is 0 Å². The molecule has 0 amide bonds. The molecule has 2 aromatic carbocycles. The summed E-state index contributed by atoms with van der Waals surface area (Å²) in [5, 5.41) is 0. The first-order valence-electron chi connectivity index (χ1n) is 7.74. The number of hydrogen-bond donors (Lipinski definition) is 0. The average molecular weight is 394 g/mol. The summed E-state index contributed by atoms with van der Waals surface area (Å²) in [6.07, 6.45) is 3.73. The van der Waals surface area contributed by atoms with Crippen LogP contribution in [0.5, 0.6) is 5.75 Å². The van der Waals surface area contributed by atoms with E-state index in [-0.39, 0.29) is 5.75 Å². The van der Waals surface area contributed by atoms with Crippen molar-refractivity contribution in [3.63, 3.8) is 0 Å². The van der Waals surface area contributed by atoms with Crippen LogP contribution in [0.1, 0.15) is 31.7 Å². The maximum Gasteiger partial charge on any atom is 0.345 e. The summed E-state index contributed by atoms with van der Waals surface area (Å²) in [4.78, 5) is -2.03. The van der Waals surface area contributed by atoms with Crippen LogP contribution in [0.4, 0.5) is 22.0 Å². The van der Waals surface area contributed by atoms with Gasteiger partial charge in [0.15, 0.2) is 28.2 Å². The third-order valence-corrected chi connectivity index (χ3v) is 4.89. The van der Waals surface area contributed by atoms with Gasteiger partial charge in [0, 0.05) is 0 Å². The Bertz CT molecular complexity index is 867. The lowest BCUT2D eigenvalue weighted by Gasteiger charge is -2.11. The first-order chi connectivity index (χ1) is 12.2. The Labute approximate surface area is 147 Å². The first kappa shape index (κ1) is 20.2. The van der Waals surface area contributed by atoms with E-state index >= 15 is 0 Å². The second kappa shape index (κ2) is 8.03. The average Bonchev–Trinajstić information content (AvgIpc) is 2.59. The van der Waals surface area contributed by atoms with Crippen molar-refractivity contribution in [2.45, 2.75) is 37.5 Å². The maximum atomic E-state index is 13.7. The van der Waals surface area contributed by atoms with E-state index in [1.807, 2.05) is 6.92 Å². The van der Waals surface area contributed by atoms with E-state index in [1.165, 1.54) is 12.1 Å². The van der Waals surface area contributed by atoms with Gasteiger partial charge < -0.3 is 4.18 Å². The van der Waals surface area contributed by atoms with Gasteiger partial charge in [-0.1, -0.05) is 31.9 Å². The minimum atomic E-state index is -5.27. The quantitative estimate of drug-likeness (QED) is 0.221. The SMILES string of the molecule is CCCCCc1ccc(OS(=O)(=O)c2c(F)c(F)c(F)c(F)c2F)cc1. The molecule has 0 N–H and O–H groups in total. The van der Waals surface area contributed by atoms with Crippen LogP contribution in [0, 0.1) is 29.1 Å². The van der Waals surface area contributed by atoms with E-state index in [0.29, 0.717) is 0 Å². The molecule has 0 unspecified atom stereocenters. The van der Waals surface area contributed by atoms with Crippen molar-refractivity contribution in [3.8, 4) is 5.75 Å². The highest BCUT2D eigenvalue weighted by atomic mass is 32.2. The van der Waals surface area contributed by atoms with Gasteiger partial charge in [0.2, 0.25) is 5.82 Å². The van der Waals surface area contributed by atoms with Crippen LogP contribution < -0.4 is 4.18 Å². The molecular weight excluding hydrogens is 379 g/mol. The van der Waals surface area contributed by atoms with Crippen molar-refractivity contribution in [3.05, 3.63) is 58.9 Å². The van der Waals surface area contributed by atoms with Gasteiger partial charge in [0.25, 0.3) is 0 Å². The third-order valence-electron chi connectivity index (χ3n) is 3.62. The van der Waals surface area contributed by atoms with Gasteiger partial charge in [-0.05, 0) is 30.5 Å². The molecular formula is C17H15F5O3S. The summed E-state index contributed by atoms with van der Waals surface area (Å²) < 4.78 is 95.2. The predicted octanol–water partition coefficient (Wildman–Crippen LogP) is 4.88. The summed E-state index contributed by atoms with van der Waals surface area (Å²) in [6, 6.07) is 5.59. The fourth-order valence-corrected chi connectivity index (χ4v) is 3.33. The van der Waals surface area contributed by atoms with Gasteiger partial charge in [-0.25, -0.2) is 22.0 Å². The van der Waals surface area contributed by atoms with Crippen molar-refractivity contribution in [1.82, 2.24) is 0 Å². The molecule has 0 fully saturated rings. The molecule has 3 nitrogen and oxygen atoms in total. The van der Waals surface area contributed by atoms with Crippen molar-refractivity contribution in [1.29, 1.82) is 0 Å². The smallest absolute Gasteiger partial charge is 0.345 e.